The largest absolute Gasteiger partial charge is 0.368 e. The minimum Gasteiger partial charge on any atom is -0.368 e. The third-order valence-corrected chi connectivity index (χ3v) is 3.19. The Morgan fingerprint density at radius 3 is 3.06 bits per heavy atom. The Labute approximate surface area is 107 Å². The van der Waals surface area contributed by atoms with Crippen molar-refractivity contribution in [1.29, 1.82) is 0 Å². The van der Waals surface area contributed by atoms with E-state index in [0.29, 0.717) is 12.3 Å². The summed E-state index contributed by atoms with van der Waals surface area (Å²) in [7, 11) is 0. The number of hydrogen-bond acceptors (Lipinski definition) is 4. The quantitative estimate of drug-likeness (QED) is 0.884. The number of aromatic nitrogens is 2. The number of carbonyl (C=O) groups excluding carboxylic acids is 1. The summed E-state index contributed by atoms with van der Waals surface area (Å²) in [5.74, 6) is 0.870. The van der Waals surface area contributed by atoms with Crippen LogP contribution in [0.4, 0.5) is 5.95 Å². The molecule has 2 N–H and O–H groups in total. The highest BCUT2D eigenvalue weighted by molar-refractivity contribution is 5.77. The van der Waals surface area contributed by atoms with Crippen LogP contribution in [-0.4, -0.2) is 27.3 Å². The highest BCUT2D eigenvalue weighted by Gasteiger charge is 2.30. The lowest BCUT2D eigenvalue weighted by molar-refractivity contribution is -0.133. The molecule has 5 heteroatoms. The number of nitrogens with two attached hydrogens (primary N) is 1. The van der Waals surface area contributed by atoms with Crippen LogP contribution in [-0.2, 0) is 4.79 Å². The second-order valence-corrected chi connectivity index (χ2v) is 5.18. The second kappa shape index (κ2) is 5.33. The number of nitrogens with zero attached hydrogens (tertiary/aromatic N) is 3. The van der Waals surface area contributed by atoms with Crippen molar-refractivity contribution in [2.75, 3.05) is 12.3 Å². The Kier molecular flexibility index (Phi) is 3.79. The van der Waals surface area contributed by atoms with E-state index in [1.807, 2.05) is 11.0 Å². The molecule has 1 unspecified atom stereocenters. The van der Waals surface area contributed by atoms with E-state index in [4.69, 9.17) is 5.73 Å². The van der Waals surface area contributed by atoms with Gasteiger partial charge in [-0.25, -0.2) is 9.97 Å². The van der Waals surface area contributed by atoms with Crippen molar-refractivity contribution in [2.24, 2.45) is 5.92 Å². The van der Waals surface area contributed by atoms with Crippen molar-refractivity contribution >= 4 is 11.9 Å². The van der Waals surface area contributed by atoms with Gasteiger partial charge in [0.15, 0.2) is 0 Å². The maximum atomic E-state index is 12.2. The normalized spacial score (nSPS) is 19.5. The zero-order valence-electron chi connectivity index (χ0n) is 11.0. The van der Waals surface area contributed by atoms with E-state index in [1.165, 1.54) is 0 Å². The van der Waals surface area contributed by atoms with Gasteiger partial charge in [0.1, 0.15) is 0 Å². The van der Waals surface area contributed by atoms with Crippen LogP contribution in [0.1, 0.15) is 44.8 Å². The van der Waals surface area contributed by atoms with E-state index in [-0.39, 0.29) is 17.9 Å². The average molecular weight is 248 g/mol. The summed E-state index contributed by atoms with van der Waals surface area (Å²) in [6.07, 6.45) is 4.23. The minimum atomic E-state index is 0.0709. The number of carbonyl (C=O) groups is 1. The van der Waals surface area contributed by atoms with E-state index in [1.54, 1.807) is 6.20 Å². The fraction of sp³-hybridized carbons (Fsp3) is 0.615. The molecule has 5 nitrogen and oxygen atoms in total. The molecule has 98 valence electrons. The zero-order chi connectivity index (χ0) is 13.1. The second-order valence-electron chi connectivity index (χ2n) is 5.18. The highest BCUT2D eigenvalue weighted by atomic mass is 16.2. The average Bonchev–Trinajstić information content (AvgIpc) is 2.76. The van der Waals surface area contributed by atoms with Crippen LogP contribution >= 0.6 is 0 Å². The summed E-state index contributed by atoms with van der Waals surface area (Å²) >= 11 is 0. The highest BCUT2D eigenvalue weighted by Crippen LogP contribution is 2.31. The molecule has 1 aromatic rings. The number of rotatable bonds is 3. The fourth-order valence-corrected chi connectivity index (χ4v) is 2.41. The van der Waals surface area contributed by atoms with E-state index in [9.17, 15) is 4.79 Å². The molecule has 0 bridgehead atoms. The van der Waals surface area contributed by atoms with Gasteiger partial charge in [-0.3, -0.25) is 4.79 Å². The van der Waals surface area contributed by atoms with Gasteiger partial charge in [-0.05, 0) is 24.8 Å². The molecule has 1 fully saturated rings. The lowest BCUT2D eigenvalue weighted by Crippen LogP contribution is -2.31. The van der Waals surface area contributed by atoms with Crippen molar-refractivity contribution < 1.29 is 4.79 Å². The molecule has 2 heterocycles. The molecule has 1 atom stereocenters. The standard InChI is InChI=1S/C13H20N4O/c1-9(2)8-12(18)17-7-3-4-11(17)10-5-6-15-13(14)16-10/h5-6,9,11H,3-4,7-8H2,1-2H3,(H2,14,15,16). The van der Waals surface area contributed by atoms with Gasteiger partial charge in [0.25, 0.3) is 0 Å². The molecule has 1 aliphatic heterocycles. The Morgan fingerprint density at radius 1 is 1.61 bits per heavy atom. The third kappa shape index (κ3) is 2.78. The smallest absolute Gasteiger partial charge is 0.223 e. The first-order valence-electron chi connectivity index (χ1n) is 6.46. The Bertz CT molecular complexity index is 433. The molecule has 0 saturated carbocycles. The van der Waals surface area contributed by atoms with Crippen LogP contribution in [0.5, 0.6) is 0 Å². The monoisotopic (exact) mass is 248 g/mol. The molecular formula is C13H20N4O. The zero-order valence-corrected chi connectivity index (χ0v) is 11.0. The lowest BCUT2D eigenvalue weighted by Gasteiger charge is -2.25. The molecule has 0 aliphatic carbocycles. The van der Waals surface area contributed by atoms with E-state index in [2.05, 4.69) is 23.8 Å². The van der Waals surface area contributed by atoms with Gasteiger partial charge < -0.3 is 10.6 Å². The maximum Gasteiger partial charge on any atom is 0.223 e. The first kappa shape index (κ1) is 12.8. The van der Waals surface area contributed by atoms with Crippen LogP contribution in [0.2, 0.25) is 0 Å². The molecular weight excluding hydrogens is 228 g/mol. The lowest BCUT2D eigenvalue weighted by atomic mass is 10.1. The molecule has 18 heavy (non-hydrogen) atoms. The molecule has 0 spiro atoms. The van der Waals surface area contributed by atoms with Crippen molar-refractivity contribution in [3.63, 3.8) is 0 Å². The van der Waals surface area contributed by atoms with Crippen LogP contribution in [0.15, 0.2) is 12.3 Å². The molecule has 0 radical (unpaired) electrons. The van der Waals surface area contributed by atoms with E-state index in [0.717, 1.165) is 25.1 Å². The van der Waals surface area contributed by atoms with Gasteiger partial charge in [0.05, 0.1) is 11.7 Å². The predicted octanol–water partition coefficient (Wildman–Crippen LogP) is 1.77. The molecule has 2 rings (SSSR count). The first-order chi connectivity index (χ1) is 8.58. The Balaban J connectivity index is 2.14. The SMILES string of the molecule is CC(C)CC(=O)N1CCCC1c1ccnc(N)n1. The van der Waals surface area contributed by atoms with Crippen LogP contribution in [0, 0.1) is 5.92 Å². The summed E-state index contributed by atoms with van der Waals surface area (Å²) < 4.78 is 0. The first-order valence-corrected chi connectivity index (χ1v) is 6.46. The maximum absolute atomic E-state index is 12.2. The van der Waals surface area contributed by atoms with E-state index < -0.39 is 0 Å². The van der Waals surface area contributed by atoms with Gasteiger partial charge in [0, 0.05) is 19.2 Å². The van der Waals surface area contributed by atoms with Gasteiger partial charge in [-0.2, -0.15) is 0 Å². The van der Waals surface area contributed by atoms with Crippen molar-refractivity contribution in [3.8, 4) is 0 Å². The number of likely N-dealkylation sites (tertiary alicyclic amines) is 1. The third-order valence-electron chi connectivity index (χ3n) is 3.19. The van der Waals surface area contributed by atoms with Crippen molar-refractivity contribution in [1.82, 2.24) is 14.9 Å². The molecule has 1 aliphatic rings. The van der Waals surface area contributed by atoms with Gasteiger partial charge in [-0.15, -0.1) is 0 Å². The van der Waals surface area contributed by atoms with Gasteiger partial charge in [0.2, 0.25) is 11.9 Å². The Morgan fingerprint density at radius 2 is 2.39 bits per heavy atom. The van der Waals surface area contributed by atoms with E-state index >= 15 is 0 Å². The van der Waals surface area contributed by atoms with Gasteiger partial charge in [-0.1, -0.05) is 13.8 Å². The topological polar surface area (TPSA) is 72.1 Å². The summed E-state index contributed by atoms with van der Waals surface area (Å²) in [4.78, 5) is 22.2. The Hall–Kier alpha value is -1.65. The van der Waals surface area contributed by atoms with Crippen LogP contribution < -0.4 is 5.73 Å². The molecule has 0 aromatic carbocycles. The van der Waals surface area contributed by atoms with Crippen molar-refractivity contribution in [2.45, 2.75) is 39.2 Å². The van der Waals surface area contributed by atoms with Crippen LogP contribution in [0.25, 0.3) is 0 Å². The summed E-state index contributed by atoms with van der Waals surface area (Å²) in [6, 6.07) is 1.92. The molecule has 1 amide bonds. The number of hydrogen-bond donors (Lipinski definition) is 1. The molecule has 1 saturated heterocycles. The summed E-state index contributed by atoms with van der Waals surface area (Å²) in [6.45, 7) is 4.94. The number of amides is 1. The summed E-state index contributed by atoms with van der Waals surface area (Å²) in [5, 5.41) is 0. The fourth-order valence-electron chi connectivity index (χ4n) is 2.41. The van der Waals surface area contributed by atoms with Crippen molar-refractivity contribution in [3.05, 3.63) is 18.0 Å². The molecule has 1 aromatic heterocycles. The summed E-state index contributed by atoms with van der Waals surface area (Å²) in [5.41, 5.74) is 6.46. The van der Waals surface area contributed by atoms with Crippen LogP contribution in [0.3, 0.4) is 0 Å². The number of anilines is 1. The number of nitrogen functional groups attached to an aromatic ring is 1. The van der Waals surface area contributed by atoms with Gasteiger partial charge >= 0.3 is 0 Å². The predicted molar refractivity (Wildman–Crippen MR) is 69.6 cm³/mol. The minimum absolute atomic E-state index is 0.0709.